The lowest BCUT2D eigenvalue weighted by molar-refractivity contribution is 0.726. The summed E-state index contributed by atoms with van der Waals surface area (Å²) in [5.41, 5.74) is 1.48. The first kappa shape index (κ1) is 19.8. The zero-order chi connectivity index (χ0) is 16.6. The van der Waals surface area contributed by atoms with E-state index in [0.717, 1.165) is 13.0 Å². The largest absolute Gasteiger partial charge is 0.320 e. The smallest absolute Gasteiger partial charge is 0.00487 e. The molecule has 130 valence electrons. The lowest BCUT2D eigenvalue weighted by Crippen LogP contribution is -2.23. The van der Waals surface area contributed by atoms with E-state index in [9.17, 15) is 0 Å². The lowest BCUT2D eigenvalue weighted by Gasteiger charge is -2.22. The molecule has 0 aliphatic heterocycles. The maximum absolute atomic E-state index is 3.26. The van der Waals surface area contributed by atoms with Gasteiger partial charge in [-0.1, -0.05) is 84.9 Å². The van der Waals surface area contributed by atoms with Crippen molar-refractivity contribution in [1.29, 1.82) is 0 Å². The van der Waals surface area contributed by atoms with Crippen molar-refractivity contribution >= 4 is 40.8 Å². The van der Waals surface area contributed by atoms with Gasteiger partial charge in [0.2, 0.25) is 0 Å². The van der Waals surface area contributed by atoms with E-state index < -0.39 is 7.92 Å². The Morgan fingerprint density at radius 1 is 0.720 bits per heavy atom. The van der Waals surface area contributed by atoms with Gasteiger partial charge < -0.3 is 5.32 Å². The summed E-state index contributed by atoms with van der Waals surface area (Å²) in [5, 5.41) is 7.58. The van der Waals surface area contributed by atoms with Gasteiger partial charge in [0.15, 0.2) is 0 Å². The van der Waals surface area contributed by atoms with Crippen LogP contribution in [0.15, 0.2) is 84.9 Å². The van der Waals surface area contributed by atoms with Crippen LogP contribution < -0.4 is 21.2 Å². The van der Waals surface area contributed by atoms with E-state index in [1.165, 1.54) is 27.9 Å². The van der Waals surface area contributed by atoms with Gasteiger partial charge >= 0.3 is 0 Å². The highest BCUT2D eigenvalue weighted by molar-refractivity contribution is 8.93. The second kappa shape index (κ2) is 10.5. The summed E-state index contributed by atoms with van der Waals surface area (Å²) in [6.07, 6.45) is 2.29. The topological polar surface area (TPSA) is 12.0 Å². The van der Waals surface area contributed by atoms with Crippen LogP contribution in [0, 0.1) is 0 Å². The van der Waals surface area contributed by atoms with E-state index in [2.05, 4.69) is 90.2 Å². The van der Waals surface area contributed by atoms with Gasteiger partial charge in [-0.3, -0.25) is 0 Å². The summed E-state index contributed by atoms with van der Waals surface area (Å²) in [6.45, 7) is 1.06. The zero-order valence-corrected chi connectivity index (χ0v) is 17.2. The van der Waals surface area contributed by atoms with Crippen molar-refractivity contribution in [2.45, 2.75) is 12.8 Å². The van der Waals surface area contributed by atoms with E-state index in [0.29, 0.717) is 0 Å². The number of aryl methyl sites for hydroxylation is 1. The summed E-state index contributed by atoms with van der Waals surface area (Å²) in [7, 11) is 1.51. The number of hydrogen-bond donors (Lipinski definition) is 1. The minimum Gasteiger partial charge on any atom is -0.320 e. The van der Waals surface area contributed by atoms with Crippen LogP contribution in [0.4, 0.5) is 0 Å². The Balaban J connectivity index is 0.00000225. The molecule has 1 N–H and O–H groups in total. The van der Waals surface area contributed by atoms with E-state index >= 15 is 0 Å². The maximum atomic E-state index is 3.26. The summed E-state index contributed by atoms with van der Waals surface area (Å²) < 4.78 is 0. The van der Waals surface area contributed by atoms with E-state index in [-0.39, 0.29) is 17.0 Å². The Bertz CT molecular complexity index is 707. The van der Waals surface area contributed by atoms with Crippen LogP contribution in [0.5, 0.6) is 0 Å². The van der Waals surface area contributed by atoms with Crippen LogP contribution in [0.2, 0.25) is 0 Å². The fourth-order valence-corrected chi connectivity index (χ4v) is 5.48. The second-order valence-electron chi connectivity index (χ2n) is 5.84. The molecule has 0 amide bonds. The average molecular weight is 414 g/mol. The molecule has 3 rings (SSSR count). The highest BCUT2D eigenvalue weighted by Gasteiger charge is 2.18. The molecule has 0 spiro atoms. The molecule has 0 heterocycles. The van der Waals surface area contributed by atoms with Crippen molar-refractivity contribution in [2.24, 2.45) is 0 Å². The molecule has 25 heavy (non-hydrogen) atoms. The van der Waals surface area contributed by atoms with Crippen molar-refractivity contribution < 1.29 is 0 Å². The molecule has 0 aliphatic carbocycles. The fraction of sp³-hybridized carbons (Fsp3) is 0.182. The van der Waals surface area contributed by atoms with Gasteiger partial charge in [-0.05, 0) is 55.8 Å². The van der Waals surface area contributed by atoms with Gasteiger partial charge in [0.25, 0.3) is 0 Å². The van der Waals surface area contributed by atoms with Crippen LogP contribution in [0.1, 0.15) is 12.0 Å². The number of nitrogens with one attached hydrogen (secondary N) is 1. The number of benzene rings is 3. The number of rotatable bonds is 7. The number of halogens is 1. The molecule has 0 radical (unpaired) electrons. The predicted octanol–water partition coefficient (Wildman–Crippen LogP) is 4.17. The van der Waals surface area contributed by atoms with Crippen molar-refractivity contribution in [1.82, 2.24) is 5.32 Å². The molecular formula is C22H25BrNP. The minimum absolute atomic E-state index is 0. The van der Waals surface area contributed by atoms with Gasteiger partial charge in [0.1, 0.15) is 0 Å². The van der Waals surface area contributed by atoms with E-state index in [1.54, 1.807) is 0 Å². The van der Waals surface area contributed by atoms with Crippen molar-refractivity contribution in [3.8, 4) is 0 Å². The maximum Gasteiger partial charge on any atom is -0.00487 e. The third-order valence-electron chi connectivity index (χ3n) is 4.13. The molecule has 0 saturated heterocycles. The quantitative estimate of drug-likeness (QED) is 0.452. The number of hydrogen-bond acceptors (Lipinski definition) is 1. The Labute approximate surface area is 163 Å². The van der Waals surface area contributed by atoms with Crippen LogP contribution >= 0.6 is 24.9 Å². The second-order valence-corrected chi connectivity index (χ2v) is 8.03. The molecule has 3 heteroatoms. The fourth-order valence-electron chi connectivity index (χ4n) is 2.98. The standard InChI is InChI=1S/C22H24NP.BrH/c1-23-18-10-12-19-11-8-9-17-22(19)24(20-13-4-2-5-14-20)21-15-6-3-7-16-21;/h2-9,11,13-17,23H,10,12,18H2,1H3;1H. The third kappa shape index (κ3) is 5.25. The highest BCUT2D eigenvalue weighted by atomic mass is 79.9. The average Bonchev–Trinajstić information content (AvgIpc) is 2.65. The van der Waals surface area contributed by atoms with Crippen LogP contribution in [-0.2, 0) is 6.42 Å². The normalized spacial score (nSPS) is 10.5. The Kier molecular flexibility index (Phi) is 8.34. The zero-order valence-electron chi connectivity index (χ0n) is 14.6. The Morgan fingerprint density at radius 3 is 1.80 bits per heavy atom. The summed E-state index contributed by atoms with van der Waals surface area (Å²) >= 11 is 0. The first-order valence-corrected chi connectivity index (χ1v) is 9.87. The van der Waals surface area contributed by atoms with Crippen molar-refractivity contribution in [3.05, 3.63) is 90.5 Å². The third-order valence-corrected chi connectivity index (χ3v) is 6.68. The summed E-state index contributed by atoms with van der Waals surface area (Å²) in [5.74, 6) is 0. The van der Waals surface area contributed by atoms with Crippen LogP contribution in [0.25, 0.3) is 0 Å². The molecule has 0 saturated carbocycles. The van der Waals surface area contributed by atoms with Gasteiger partial charge in [0, 0.05) is 0 Å². The molecule has 0 aliphatic rings. The van der Waals surface area contributed by atoms with E-state index in [1.807, 2.05) is 7.05 Å². The van der Waals surface area contributed by atoms with Gasteiger partial charge in [-0.25, -0.2) is 0 Å². The summed E-state index contributed by atoms with van der Waals surface area (Å²) in [4.78, 5) is 0. The monoisotopic (exact) mass is 413 g/mol. The molecule has 1 nitrogen and oxygen atoms in total. The predicted molar refractivity (Wildman–Crippen MR) is 118 cm³/mol. The van der Waals surface area contributed by atoms with Crippen molar-refractivity contribution in [2.75, 3.05) is 13.6 Å². The van der Waals surface area contributed by atoms with E-state index in [4.69, 9.17) is 0 Å². The molecule has 0 atom stereocenters. The van der Waals surface area contributed by atoms with Crippen LogP contribution in [0.3, 0.4) is 0 Å². The first-order valence-electron chi connectivity index (χ1n) is 8.53. The lowest BCUT2D eigenvalue weighted by atomic mass is 10.1. The van der Waals surface area contributed by atoms with Gasteiger partial charge in [0.05, 0.1) is 0 Å². The molecule has 0 unspecified atom stereocenters. The molecular weight excluding hydrogens is 389 g/mol. The molecule has 0 aromatic heterocycles. The van der Waals surface area contributed by atoms with Crippen LogP contribution in [-0.4, -0.2) is 13.6 Å². The minimum atomic E-state index is -0.508. The molecule has 0 fully saturated rings. The Morgan fingerprint density at radius 2 is 1.24 bits per heavy atom. The molecule has 0 bridgehead atoms. The van der Waals surface area contributed by atoms with Gasteiger partial charge in [-0.2, -0.15) is 0 Å². The van der Waals surface area contributed by atoms with Gasteiger partial charge in [-0.15, -0.1) is 17.0 Å². The molecule has 3 aromatic carbocycles. The van der Waals surface area contributed by atoms with Crippen molar-refractivity contribution in [3.63, 3.8) is 0 Å². The highest BCUT2D eigenvalue weighted by Crippen LogP contribution is 2.34. The Hall–Kier alpha value is -1.47. The first-order chi connectivity index (χ1) is 11.9. The molecule has 3 aromatic rings. The SMILES string of the molecule is Br.CNCCCc1ccccc1P(c1ccccc1)c1ccccc1. The summed E-state index contributed by atoms with van der Waals surface area (Å²) in [6, 6.07) is 30.8.